The maximum absolute atomic E-state index is 6.94. The predicted molar refractivity (Wildman–Crippen MR) is 315 cm³/mol. The van der Waals surface area contributed by atoms with Crippen molar-refractivity contribution >= 4 is 65.8 Å². The molecule has 11 rings (SSSR count). The first kappa shape index (κ1) is 48.2. The molecule has 11 aromatic carbocycles. The summed E-state index contributed by atoms with van der Waals surface area (Å²) in [7, 11) is 0. The average molecular weight is 935 g/mol. The molecule has 4 nitrogen and oxygen atoms in total. The van der Waals surface area contributed by atoms with Gasteiger partial charge in [0.2, 0.25) is 0 Å². The standard InChI is InChI=1S/C36H32N2.C26H20N2.C6H10/c1-3-25-11-10-16-28(21-25)24(2)38-36-32-20-18-30(27-14-8-5-9-15-27)23-34(32)33-22-29(17-19-31(33)35(36)37)26-12-6-4-7-13-26;27-25-21-13-11-19(17-7-3-1-4-8-17)15-23(21)24-16-20(12-14-22(24)26(25)28)18-9-5-2-6-10-18;1-3-5-6-4-2/h4-24,38H,3,37H2,1-2H3;1-16H,27-28H2;3-6H,1-2H3/b;;5-3-,6-4-. The first-order valence-electron chi connectivity index (χ1n) is 24.9. The van der Waals surface area contributed by atoms with E-state index in [1.165, 1.54) is 66.4 Å². The zero-order chi connectivity index (χ0) is 50.0. The molecule has 0 bridgehead atoms. The van der Waals surface area contributed by atoms with Gasteiger partial charge in [0, 0.05) is 27.6 Å². The number of fused-ring (bicyclic) bond motifs is 6. The minimum Gasteiger partial charge on any atom is -0.397 e. The normalized spacial score (nSPS) is 11.7. The third-order valence-corrected chi connectivity index (χ3v) is 13.5. The molecule has 1 unspecified atom stereocenters. The first-order valence-corrected chi connectivity index (χ1v) is 24.9. The minimum absolute atomic E-state index is 0.113. The smallest absolute Gasteiger partial charge is 0.0664 e. The van der Waals surface area contributed by atoms with Crippen molar-refractivity contribution in [2.24, 2.45) is 0 Å². The molecule has 4 heteroatoms. The molecule has 1 atom stereocenters. The molecule has 0 radical (unpaired) electrons. The van der Waals surface area contributed by atoms with E-state index in [4.69, 9.17) is 17.2 Å². The second-order valence-corrected chi connectivity index (χ2v) is 18.1. The third-order valence-electron chi connectivity index (χ3n) is 13.5. The van der Waals surface area contributed by atoms with Gasteiger partial charge in [-0.15, -0.1) is 0 Å². The summed E-state index contributed by atoms with van der Waals surface area (Å²) >= 11 is 0. The summed E-state index contributed by atoms with van der Waals surface area (Å²) in [6.45, 7) is 8.40. The van der Waals surface area contributed by atoms with Gasteiger partial charge >= 0.3 is 0 Å². The zero-order valence-electron chi connectivity index (χ0n) is 41.6. The number of anilines is 4. The van der Waals surface area contributed by atoms with Gasteiger partial charge < -0.3 is 22.5 Å². The van der Waals surface area contributed by atoms with Gasteiger partial charge in [0.15, 0.2) is 0 Å². The highest BCUT2D eigenvalue weighted by molar-refractivity contribution is 6.22. The van der Waals surface area contributed by atoms with Crippen molar-refractivity contribution in [2.45, 2.75) is 40.2 Å². The van der Waals surface area contributed by atoms with Crippen molar-refractivity contribution in [2.75, 3.05) is 22.5 Å². The molecule has 0 spiro atoms. The van der Waals surface area contributed by atoms with Gasteiger partial charge in [-0.1, -0.05) is 225 Å². The van der Waals surface area contributed by atoms with Crippen molar-refractivity contribution in [1.29, 1.82) is 0 Å². The number of hydrogen-bond acceptors (Lipinski definition) is 4. The van der Waals surface area contributed by atoms with Gasteiger partial charge in [-0.25, -0.2) is 0 Å². The average Bonchev–Trinajstić information content (AvgIpc) is 3.45. The number of benzene rings is 11. The molecule has 0 amide bonds. The quantitative estimate of drug-likeness (QED) is 0.0502. The van der Waals surface area contributed by atoms with E-state index in [2.05, 4.69) is 225 Å². The van der Waals surface area contributed by atoms with Crippen molar-refractivity contribution < 1.29 is 0 Å². The monoisotopic (exact) mass is 934 g/mol. The topological polar surface area (TPSA) is 90.1 Å². The number of nitrogen functional groups attached to an aromatic ring is 3. The Bertz CT molecular complexity index is 3580. The molecular formula is C68H62N4. The lowest BCUT2D eigenvalue weighted by Crippen LogP contribution is -2.10. The molecule has 11 aromatic rings. The van der Waals surface area contributed by atoms with Crippen LogP contribution in [0.3, 0.4) is 0 Å². The van der Waals surface area contributed by atoms with E-state index in [9.17, 15) is 0 Å². The summed E-state index contributed by atoms with van der Waals surface area (Å²) < 4.78 is 0. The van der Waals surface area contributed by atoms with Crippen molar-refractivity contribution in [3.63, 3.8) is 0 Å². The summed E-state index contributed by atoms with van der Waals surface area (Å²) in [4.78, 5) is 0. The van der Waals surface area contributed by atoms with Gasteiger partial charge in [0.25, 0.3) is 0 Å². The molecule has 0 aliphatic carbocycles. The molecule has 7 N–H and O–H groups in total. The molecular weight excluding hydrogens is 873 g/mol. The molecule has 0 saturated carbocycles. The number of aryl methyl sites for hydroxylation is 1. The Balaban J connectivity index is 0.000000165. The van der Waals surface area contributed by atoms with Crippen LogP contribution in [0.5, 0.6) is 0 Å². The van der Waals surface area contributed by atoms with E-state index in [1.54, 1.807) is 0 Å². The SMILES string of the molecule is C/C=C\C=C/C.CCc1cccc(C(C)Nc2c(N)c3ccc(-c4ccccc4)cc3c3cc(-c4ccccc4)ccc23)c1.Nc1c(N)c2ccc(-c3ccccc3)cc2c2cc(-c3ccccc3)ccc12. The van der Waals surface area contributed by atoms with Crippen molar-refractivity contribution in [3.05, 3.63) is 254 Å². The van der Waals surface area contributed by atoms with Gasteiger partial charge in [-0.2, -0.15) is 0 Å². The largest absolute Gasteiger partial charge is 0.397 e. The maximum Gasteiger partial charge on any atom is 0.0664 e. The molecule has 0 saturated heterocycles. The minimum atomic E-state index is 0.113. The van der Waals surface area contributed by atoms with Crippen molar-refractivity contribution in [1.82, 2.24) is 0 Å². The Morgan fingerprint density at radius 2 is 0.708 bits per heavy atom. The van der Waals surface area contributed by atoms with Crippen LogP contribution in [0.4, 0.5) is 22.7 Å². The molecule has 0 heterocycles. The fraction of sp³-hybridized carbons (Fsp3) is 0.0882. The van der Waals surface area contributed by atoms with Gasteiger partial charge in [-0.05, 0) is 129 Å². The van der Waals surface area contributed by atoms with Crippen LogP contribution in [-0.2, 0) is 6.42 Å². The van der Waals surface area contributed by atoms with Crippen LogP contribution in [0.15, 0.2) is 243 Å². The molecule has 0 aliphatic rings. The van der Waals surface area contributed by atoms with Crippen LogP contribution in [0.2, 0.25) is 0 Å². The molecule has 0 fully saturated rings. The fourth-order valence-electron chi connectivity index (χ4n) is 9.56. The van der Waals surface area contributed by atoms with Crippen molar-refractivity contribution in [3.8, 4) is 44.5 Å². The highest BCUT2D eigenvalue weighted by Gasteiger charge is 2.18. The molecule has 354 valence electrons. The van der Waals surface area contributed by atoms with E-state index in [-0.39, 0.29) is 6.04 Å². The number of allylic oxidation sites excluding steroid dienone is 4. The van der Waals surface area contributed by atoms with Gasteiger partial charge in [0.05, 0.1) is 22.7 Å². The summed E-state index contributed by atoms with van der Waals surface area (Å²) in [5, 5.41) is 12.6. The summed E-state index contributed by atoms with van der Waals surface area (Å²) in [5.41, 5.74) is 34.9. The number of nitrogens with two attached hydrogens (primary N) is 3. The van der Waals surface area contributed by atoms with Crippen LogP contribution >= 0.6 is 0 Å². The lowest BCUT2D eigenvalue weighted by molar-refractivity contribution is 0.883. The predicted octanol–water partition coefficient (Wildman–Crippen LogP) is 18.3. The Labute approximate surface area is 424 Å². The van der Waals surface area contributed by atoms with E-state index in [0.29, 0.717) is 11.4 Å². The Kier molecular flexibility index (Phi) is 14.9. The fourth-order valence-corrected chi connectivity index (χ4v) is 9.56. The molecule has 0 aliphatic heterocycles. The summed E-state index contributed by atoms with van der Waals surface area (Å²) in [5.74, 6) is 0. The zero-order valence-corrected chi connectivity index (χ0v) is 41.6. The third kappa shape index (κ3) is 10.4. The second kappa shape index (κ2) is 22.3. The van der Waals surface area contributed by atoms with Crippen LogP contribution in [0, 0.1) is 0 Å². The van der Waals surface area contributed by atoms with Crippen LogP contribution in [-0.4, -0.2) is 0 Å². The molecule has 0 aromatic heterocycles. The maximum atomic E-state index is 6.94. The Morgan fingerprint density at radius 3 is 1.07 bits per heavy atom. The van der Waals surface area contributed by atoms with E-state index in [1.807, 2.05) is 50.3 Å². The number of rotatable bonds is 9. The van der Waals surface area contributed by atoms with E-state index in [0.717, 1.165) is 50.1 Å². The van der Waals surface area contributed by atoms with E-state index >= 15 is 0 Å². The van der Waals surface area contributed by atoms with E-state index < -0.39 is 0 Å². The van der Waals surface area contributed by atoms with Crippen LogP contribution in [0.25, 0.3) is 87.6 Å². The highest BCUT2D eigenvalue weighted by Crippen LogP contribution is 2.44. The lowest BCUT2D eigenvalue weighted by Gasteiger charge is -2.22. The lowest BCUT2D eigenvalue weighted by atomic mass is 9.92. The number of hydrogen-bond donors (Lipinski definition) is 4. The summed E-state index contributed by atoms with van der Waals surface area (Å²) in [6.07, 6.45) is 9.02. The van der Waals surface area contributed by atoms with Gasteiger partial charge in [-0.3, -0.25) is 0 Å². The Morgan fingerprint density at radius 1 is 0.361 bits per heavy atom. The van der Waals surface area contributed by atoms with Crippen LogP contribution in [0.1, 0.15) is 44.9 Å². The first-order chi connectivity index (χ1) is 35.3. The Hall–Kier alpha value is -8.86. The molecule has 72 heavy (non-hydrogen) atoms. The van der Waals surface area contributed by atoms with Gasteiger partial charge in [0.1, 0.15) is 0 Å². The number of nitrogens with one attached hydrogen (secondary N) is 1. The second-order valence-electron chi connectivity index (χ2n) is 18.1. The summed E-state index contributed by atoms with van der Waals surface area (Å²) in [6, 6.07) is 77.0. The van der Waals surface area contributed by atoms with Crippen LogP contribution < -0.4 is 22.5 Å². The highest BCUT2D eigenvalue weighted by atomic mass is 14.9.